The molecule has 0 aliphatic carbocycles. The lowest BCUT2D eigenvalue weighted by Crippen LogP contribution is -2.10. The van der Waals surface area contributed by atoms with Gasteiger partial charge in [0.1, 0.15) is 11.5 Å². The molecule has 0 spiro atoms. The quantitative estimate of drug-likeness (QED) is 0.818. The summed E-state index contributed by atoms with van der Waals surface area (Å²) in [5.41, 5.74) is 9.32. The van der Waals surface area contributed by atoms with Gasteiger partial charge in [0.05, 0.1) is 18.2 Å². The SMILES string of the molecule is CC(N)c1c2c(c(Cl)c3c1OCC3)OCC2. The first kappa shape index (κ1) is 10.2. The van der Waals surface area contributed by atoms with Gasteiger partial charge in [0.15, 0.2) is 0 Å². The van der Waals surface area contributed by atoms with Gasteiger partial charge in [-0.15, -0.1) is 0 Å². The summed E-state index contributed by atoms with van der Waals surface area (Å²) >= 11 is 6.33. The first-order valence-corrected chi connectivity index (χ1v) is 5.96. The van der Waals surface area contributed by atoms with Crippen LogP contribution in [0, 0.1) is 0 Å². The Morgan fingerprint density at radius 3 is 2.44 bits per heavy atom. The molecule has 1 atom stereocenters. The van der Waals surface area contributed by atoms with Crippen molar-refractivity contribution in [1.82, 2.24) is 0 Å². The Balaban J connectivity index is 2.31. The monoisotopic (exact) mass is 239 g/mol. The lowest BCUT2D eigenvalue weighted by molar-refractivity contribution is 0.351. The number of ether oxygens (including phenoxy) is 2. The average Bonchev–Trinajstić information content (AvgIpc) is 2.84. The fourth-order valence-corrected chi connectivity index (χ4v) is 2.92. The minimum atomic E-state index is -0.0421. The number of fused-ring (bicyclic) bond motifs is 2. The van der Waals surface area contributed by atoms with Crippen LogP contribution in [0.3, 0.4) is 0 Å². The Kier molecular flexibility index (Phi) is 2.26. The van der Waals surface area contributed by atoms with E-state index in [-0.39, 0.29) is 6.04 Å². The van der Waals surface area contributed by atoms with Crippen molar-refractivity contribution in [3.8, 4) is 11.5 Å². The van der Waals surface area contributed by atoms with Crippen molar-refractivity contribution in [3.05, 3.63) is 21.7 Å². The van der Waals surface area contributed by atoms with E-state index in [9.17, 15) is 0 Å². The lowest BCUT2D eigenvalue weighted by atomic mass is 9.95. The zero-order valence-corrected chi connectivity index (χ0v) is 9.93. The summed E-state index contributed by atoms with van der Waals surface area (Å²) in [4.78, 5) is 0. The fraction of sp³-hybridized carbons (Fsp3) is 0.500. The predicted molar refractivity (Wildman–Crippen MR) is 62.5 cm³/mol. The summed E-state index contributed by atoms with van der Waals surface area (Å²) in [5.74, 6) is 1.74. The molecule has 1 unspecified atom stereocenters. The van der Waals surface area contributed by atoms with Crippen LogP contribution in [0.15, 0.2) is 0 Å². The van der Waals surface area contributed by atoms with Crippen LogP contribution in [0.4, 0.5) is 0 Å². The van der Waals surface area contributed by atoms with Gasteiger partial charge in [-0.25, -0.2) is 0 Å². The highest BCUT2D eigenvalue weighted by Gasteiger charge is 2.31. The van der Waals surface area contributed by atoms with Crippen LogP contribution in [0.5, 0.6) is 11.5 Å². The average molecular weight is 240 g/mol. The molecule has 0 bridgehead atoms. The molecule has 4 heteroatoms. The first-order valence-electron chi connectivity index (χ1n) is 5.58. The van der Waals surface area contributed by atoms with E-state index >= 15 is 0 Å². The maximum atomic E-state index is 6.33. The topological polar surface area (TPSA) is 44.5 Å². The molecule has 0 saturated carbocycles. The maximum absolute atomic E-state index is 6.33. The van der Waals surface area contributed by atoms with E-state index in [0.717, 1.165) is 46.1 Å². The van der Waals surface area contributed by atoms with Crippen molar-refractivity contribution >= 4 is 11.6 Å². The highest BCUT2D eigenvalue weighted by Crippen LogP contribution is 2.48. The zero-order valence-electron chi connectivity index (χ0n) is 9.18. The molecule has 0 radical (unpaired) electrons. The molecule has 2 aliphatic heterocycles. The lowest BCUT2D eigenvalue weighted by Gasteiger charge is -2.17. The number of hydrogen-bond donors (Lipinski definition) is 1. The van der Waals surface area contributed by atoms with E-state index in [2.05, 4.69) is 0 Å². The van der Waals surface area contributed by atoms with Gasteiger partial charge >= 0.3 is 0 Å². The normalized spacial score (nSPS) is 18.7. The Morgan fingerprint density at radius 1 is 1.12 bits per heavy atom. The second-order valence-corrected chi connectivity index (χ2v) is 4.71. The van der Waals surface area contributed by atoms with Crippen LogP contribution in [0.25, 0.3) is 0 Å². The smallest absolute Gasteiger partial charge is 0.142 e. The summed E-state index contributed by atoms with van der Waals surface area (Å²) in [5, 5.41) is 0.726. The predicted octanol–water partition coefficient (Wildman–Crippen LogP) is 2.23. The second kappa shape index (κ2) is 3.54. The van der Waals surface area contributed by atoms with E-state index < -0.39 is 0 Å². The molecule has 1 aromatic rings. The highest BCUT2D eigenvalue weighted by molar-refractivity contribution is 6.33. The molecule has 16 heavy (non-hydrogen) atoms. The standard InChI is InChI=1S/C12H14ClNO2/c1-6(14)9-7-2-4-16-12(7)10(13)8-3-5-15-11(8)9/h6H,2-5,14H2,1H3. The van der Waals surface area contributed by atoms with Crippen molar-refractivity contribution < 1.29 is 9.47 Å². The molecule has 0 amide bonds. The summed E-state index contributed by atoms with van der Waals surface area (Å²) in [6.07, 6.45) is 1.73. The molecule has 3 nitrogen and oxygen atoms in total. The van der Waals surface area contributed by atoms with Gasteiger partial charge < -0.3 is 15.2 Å². The van der Waals surface area contributed by atoms with Gasteiger partial charge in [-0.2, -0.15) is 0 Å². The Bertz CT molecular complexity index is 422. The van der Waals surface area contributed by atoms with E-state index in [1.165, 1.54) is 0 Å². The third-order valence-corrected chi connectivity index (χ3v) is 3.63. The first-order chi connectivity index (χ1) is 7.70. The molecule has 2 heterocycles. The van der Waals surface area contributed by atoms with Crippen LogP contribution in [0.2, 0.25) is 5.02 Å². The van der Waals surface area contributed by atoms with Crippen LogP contribution in [-0.4, -0.2) is 13.2 Å². The summed E-state index contributed by atoms with van der Waals surface area (Å²) in [6.45, 7) is 3.36. The molecule has 1 aromatic carbocycles. The van der Waals surface area contributed by atoms with Crippen molar-refractivity contribution in [2.75, 3.05) is 13.2 Å². The largest absolute Gasteiger partial charge is 0.493 e. The molecule has 2 aliphatic rings. The molecular weight excluding hydrogens is 226 g/mol. The number of benzene rings is 1. The van der Waals surface area contributed by atoms with Crippen molar-refractivity contribution in [1.29, 1.82) is 0 Å². The molecule has 86 valence electrons. The van der Waals surface area contributed by atoms with Crippen LogP contribution >= 0.6 is 11.6 Å². The van der Waals surface area contributed by atoms with E-state index in [4.69, 9.17) is 26.8 Å². The molecule has 0 saturated heterocycles. The van der Waals surface area contributed by atoms with Crippen molar-refractivity contribution in [2.45, 2.75) is 25.8 Å². The molecule has 2 N–H and O–H groups in total. The molecular formula is C12H14ClNO2. The number of nitrogens with two attached hydrogens (primary N) is 1. The van der Waals surface area contributed by atoms with E-state index in [1.807, 2.05) is 6.92 Å². The Hall–Kier alpha value is -0.930. The third kappa shape index (κ3) is 1.25. The second-order valence-electron chi connectivity index (χ2n) is 4.33. The van der Waals surface area contributed by atoms with E-state index in [0.29, 0.717) is 13.2 Å². The highest BCUT2D eigenvalue weighted by atomic mass is 35.5. The Labute approximate surface area is 99.5 Å². The van der Waals surface area contributed by atoms with E-state index in [1.54, 1.807) is 0 Å². The van der Waals surface area contributed by atoms with Gasteiger partial charge in [0.2, 0.25) is 0 Å². The molecule has 0 fully saturated rings. The zero-order chi connectivity index (χ0) is 11.3. The molecule has 3 rings (SSSR count). The number of halogens is 1. The minimum Gasteiger partial charge on any atom is -0.493 e. The van der Waals surface area contributed by atoms with Gasteiger partial charge in [-0.1, -0.05) is 11.6 Å². The number of rotatable bonds is 1. The Morgan fingerprint density at radius 2 is 1.75 bits per heavy atom. The van der Waals surface area contributed by atoms with Crippen LogP contribution in [-0.2, 0) is 12.8 Å². The fourth-order valence-electron chi connectivity index (χ4n) is 2.57. The van der Waals surface area contributed by atoms with Gasteiger partial charge in [-0.3, -0.25) is 0 Å². The number of hydrogen-bond acceptors (Lipinski definition) is 3. The maximum Gasteiger partial charge on any atom is 0.142 e. The van der Waals surface area contributed by atoms with Crippen LogP contribution < -0.4 is 15.2 Å². The summed E-state index contributed by atoms with van der Waals surface area (Å²) in [7, 11) is 0. The summed E-state index contributed by atoms with van der Waals surface area (Å²) in [6, 6.07) is -0.0421. The van der Waals surface area contributed by atoms with Gasteiger partial charge in [0, 0.05) is 35.6 Å². The van der Waals surface area contributed by atoms with Gasteiger partial charge in [-0.05, 0) is 6.92 Å². The summed E-state index contributed by atoms with van der Waals surface area (Å²) < 4.78 is 11.3. The van der Waals surface area contributed by atoms with Crippen molar-refractivity contribution in [2.24, 2.45) is 5.73 Å². The minimum absolute atomic E-state index is 0.0421. The van der Waals surface area contributed by atoms with Crippen molar-refractivity contribution in [3.63, 3.8) is 0 Å². The van der Waals surface area contributed by atoms with Crippen LogP contribution in [0.1, 0.15) is 29.7 Å². The third-order valence-electron chi connectivity index (χ3n) is 3.23. The van der Waals surface area contributed by atoms with Gasteiger partial charge in [0.25, 0.3) is 0 Å². The molecule has 0 aromatic heterocycles.